The van der Waals surface area contributed by atoms with Gasteiger partial charge in [-0.2, -0.15) is 12.6 Å². The summed E-state index contributed by atoms with van der Waals surface area (Å²) >= 11 is 4.36. The fourth-order valence-corrected chi connectivity index (χ4v) is 5.60. The molecule has 0 radical (unpaired) electrons. The number of carboxylic acids is 1. The van der Waals surface area contributed by atoms with Gasteiger partial charge in [-0.3, -0.25) is 4.79 Å². The first kappa shape index (κ1) is 28.4. The van der Waals surface area contributed by atoms with Crippen LogP contribution in [-0.4, -0.2) is 32.3 Å². The molecule has 0 fully saturated rings. The predicted octanol–water partition coefficient (Wildman–Crippen LogP) is 6.53. The fourth-order valence-electron chi connectivity index (χ4n) is 5.02. The van der Waals surface area contributed by atoms with E-state index in [9.17, 15) is 14.7 Å². The van der Waals surface area contributed by atoms with Gasteiger partial charge in [-0.1, -0.05) is 69.3 Å². The molecule has 1 aromatic heterocycles. The number of carbonyl (C=O) groups is 2. The maximum atomic E-state index is 12.7. The van der Waals surface area contributed by atoms with E-state index >= 15 is 0 Å². The van der Waals surface area contributed by atoms with Gasteiger partial charge >= 0.3 is 5.97 Å². The van der Waals surface area contributed by atoms with E-state index in [2.05, 4.69) is 60.6 Å². The minimum Gasteiger partial charge on any atom is -0.478 e. The highest BCUT2D eigenvalue weighted by Gasteiger charge is 2.21. The van der Waals surface area contributed by atoms with E-state index in [0.717, 1.165) is 52.0 Å². The lowest BCUT2D eigenvalue weighted by atomic mass is 9.97. The summed E-state index contributed by atoms with van der Waals surface area (Å²) in [6.07, 6.45) is 1.85. The van der Waals surface area contributed by atoms with Gasteiger partial charge in [-0.15, -0.1) is 0 Å². The number of aromatic nitrogens is 2. The van der Waals surface area contributed by atoms with Crippen molar-refractivity contribution < 1.29 is 14.7 Å². The normalized spacial score (nSPS) is 12.2. The third-order valence-electron chi connectivity index (χ3n) is 7.23. The summed E-state index contributed by atoms with van der Waals surface area (Å²) in [5.74, 6) is 0.764. The Kier molecular flexibility index (Phi) is 9.12. The molecule has 0 unspecified atom stereocenters. The van der Waals surface area contributed by atoms with Crippen LogP contribution in [0.1, 0.15) is 60.1 Å². The fraction of sp³-hybridized carbons (Fsp3) is 0.344. The summed E-state index contributed by atoms with van der Waals surface area (Å²) < 4.78 is 2.27. The number of rotatable bonds is 11. The number of carboxylic acid groups (broad SMARTS) is 1. The second-order valence-electron chi connectivity index (χ2n) is 10.4. The molecule has 0 saturated heterocycles. The van der Waals surface area contributed by atoms with Crippen LogP contribution >= 0.6 is 12.6 Å². The first-order valence-corrected chi connectivity index (χ1v) is 14.2. The lowest BCUT2D eigenvalue weighted by molar-refractivity contribution is -0.125. The van der Waals surface area contributed by atoms with Gasteiger partial charge in [-0.25, -0.2) is 9.78 Å². The van der Waals surface area contributed by atoms with Gasteiger partial charge in [0.15, 0.2) is 0 Å². The molecule has 0 aliphatic heterocycles. The van der Waals surface area contributed by atoms with E-state index in [0.29, 0.717) is 30.0 Å². The number of nitrogens with one attached hydrogen (secondary N) is 1. The molecule has 1 atom stereocenters. The highest BCUT2D eigenvalue weighted by Crippen LogP contribution is 2.27. The van der Waals surface area contributed by atoms with Gasteiger partial charge in [-0.05, 0) is 59.2 Å². The largest absolute Gasteiger partial charge is 0.478 e. The number of aryl methyl sites for hydroxylation is 2. The minimum atomic E-state index is -0.934. The molecule has 0 aliphatic carbocycles. The monoisotopic (exact) mass is 543 g/mol. The van der Waals surface area contributed by atoms with Crippen LogP contribution in [0.2, 0.25) is 0 Å². The number of thiol groups is 1. The van der Waals surface area contributed by atoms with E-state index in [4.69, 9.17) is 4.98 Å². The summed E-state index contributed by atoms with van der Waals surface area (Å²) in [5.41, 5.74) is 7.14. The van der Waals surface area contributed by atoms with Gasteiger partial charge in [0, 0.05) is 31.2 Å². The zero-order valence-corrected chi connectivity index (χ0v) is 24.0. The number of carbonyl (C=O) groups excluding carboxylic acids is 1. The lowest BCUT2D eigenvalue weighted by Gasteiger charge is -2.18. The third-order valence-corrected chi connectivity index (χ3v) is 7.62. The molecule has 4 aromatic rings. The van der Waals surface area contributed by atoms with Crippen molar-refractivity contribution in [1.29, 1.82) is 0 Å². The summed E-state index contributed by atoms with van der Waals surface area (Å²) in [7, 11) is 0. The van der Waals surface area contributed by atoms with Crippen LogP contribution in [0.3, 0.4) is 0 Å². The van der Waals surface area contributed by atoms with Crippen LogP contribution in [-0.2, 0) is 24.3 Å². The van der Waals surface area contributed by atoms with Gasteiger partial charge in [0.2, 0.25) is 5.91 Å². The molecule has 3 aromatic carbocycles. The van der Waals surface area contributed by atoms with Gasteiger partial charge in [0.05, 0.1) is 16.6 Å². The standard InChI is InChI=1S/C32H37N3O3S/c1-5-8-29-34-30-21(4)15-23(17-33-31(36)27(19-39)20(2)3)16-28(30)35(29)18-22-11-13-24(14-12-22)25-9-6-7-10-26(25)32(37)38/h6-7,9-16,20,27,39H,5,8,17-19H2,1-4H3,(H,33,36)(H,37,38)/t27-/m0/s1. The van der Waals surface area contributed by atoms with Crippen molar-refractivity contribution in [2.24, 2.45) is 11.8 Å². The molecular formula is C32H37N3O3S. The van der Waals surface area contributed by atoms with Crippen molar-refractivity contribution in [3.05, 3.63) is 88.7 Å². The summed E-state index contributed by atoms with van der Waals surface area (Å²) in [6.45, 7) is 9.42. The average Bonchev–Trinajstić information content (AvgIpc) is 3.25. The summed E-state index contributed by atoms with van der Waals surface area (Å²) in [5, 5.41) is 12.7. The van der Waals surface area contributed by atoms with Crippen LogP contribution in [0.4, 0.5) is 0 Å². The zero-order valence-electron chi connectivity index (χ0n) is 23.1. The van der Waals surface area contributed by atoms with Crippen LogP contribution < -0.4 is 5.32 Å². The van der Waals surface area contributed by atoms with Gasteiger partial charge in [0.1, 0.15) is 5.82 Å². The van der Waals surface area contributed by atoms with E-state index in [1.54, 1.807) is 12.1 Å². The Hall–Kier alpha value is -3.58. The molecule has 4 rings (SSSR count). The van der Waals surface area contributed by atoms with Crippen molar-refractivity contribution in [3.63, 3.8) is 0 Å². The quantitative estimate of drug-likeness (QED) is 0.188. The summed E-state index contributed by atoms with van der Waals surface area (Å²) in [6, 6.07) is 19.4. The number of amides is 1. The molecule has 6 nitrogen and oxygen atoms in total. The summed E-state index contributed by atoms with van der Waals surface area (Å²) in [4.78, 5) is 29.4. The highest BCUT2D eigenvalue weighted by molar-refractivity contribution is 7.80. The third kappa shape index (κ3) is 6.36. The number of nitrogens with zero attached hydrogens (tertiary/aromatic N) is 2. The van der Waals surface area contributed by atoms with Crippen molar-refractivity contribution in [2.45, 2.75) is 53.6 Å². The molecule has 0 bridgehead atoms. The first-order valence-electron chi connectivity index (χ1n) is 13.5. The van der Waals surface area contributed by atoms with Crippen molar-refractivity contribution in [2.75, 3.05) is 5.75 Å². The zero-order chi connectivity index (χ0) is 28.1. The van der Waals surface area contributed by atoms with Crippen molar-refractivity contribution in [3.8, 4) is 11.1 Å². The Labute approximate surface area is 235 Å². The molecular weight excluding hydrogens is 506 g/mol. The molecule has 0 aliphatic rings. The van der Waals surface area contributed by atoms with Crippen LogP contribution in [0.5, 0.6) is 0 Å². The number of hydrogen-bond acceptors (Lipinski definition) is 4. The number of imidazole rings is 1. The molecule has 204 valence electrons. The predicted molar refractivity (Wildman–Crippen MR) is 160 cm³/mol. The van der Waals surface area contributed by atoms with Crippen LogP contribution in [0.15, 0.2) is 60.7 Å². The Morgan fingerprint density at radius 3 is 2.41 bits per heavy atom. The molecule has 7 heteroatoms. The topological polar surface area (TPSA) is 84.2 Å². The Morgan fingerprint density at radius 2 is 1.77 bits per heavy atom. The van der Waals surface area contributed by atoms with Crippen molar-refractivity contribution in [1.82, 2.24) is 14.9 Å². The Morgan fingerprint density at radius 1 is 1.05 bits per heavy atom. The average molecular weight is 544 g/mol. The van der Waals surface area contributed by atoms with E-state index in [1.165, 1.54) is 0 Å². The Balaban J connectivity index is 1.64. The molecule has 1 amide bonds. The van der Waals surface area contributed by atoms with E-state index in [1.807, 2.05) is 38.1 Å². The molecule has 0 saturated carbocycles. The second-order valence-corrected chi connectivity index (χ2v) is 10.8. The maximum Gasteiger partial charge on any atom is 0.336 e. The Bertz CT molecular complexity index is 1470. The lowest BCUT2D eigenvalue weighted by Crippen LogP contribution is -2.34. The van der Waals surface area contributed by atoms with Gasteiger partial charge < -0.3 is 15.0 Å². The minimum absolute atomic E-state index is 0.0301. The second kappa shape index (κ2) is 12.5. The highest BCUT2D eigenvalue weighted by atomic mass is 32.1. The number of hydrogen-bond donors (Lipinski definition) is 3. The van der Waals surface area contributed by atoms with Gasteiger partial charge in [0.25, 0.3) is 0 Å². The first-order chi connectivity index (χ1) is 18.7. The maximum absolute atomic E-state index is 12.7. The van der Waals surface area contributed by atoms with Crippen LogP contribution in [0.25, 0.3) is 22.2 Å². The molecule has 1 heterocycles. The molecule has 39 heavy (non-hydrogen) atoms. The number of aromatic carboxylic acids is 1. The number of fused-ring (bicyclic) bond motifs is 1. The smallest absolute Gasteiger partial charge is 0.336 e. The molecule has 0 spiro atoms. The van der Waals surface area contributed by atoms with Crippen LogP contribution in [0, 0.1) is 18.8 Å². The SMILES string of the molecule is CCCc1nc2c(C)cc(CNC(=O)[C@@H](CS)C(C)C)cc2n1Cc1ccc(-c2ccccc2C(=O)O)cc1. The van der Waals surface area contributed by atoms with Crippen molar-refractivity contribution >= 4 is 35.5 Å². The molecule has 2 N–H and O–H groups in total. The van der Waals surface area contributed by atoms with E-state index in [-0.39, 0.29) is 17.7 Å². The number of benzene rings is 3. The van der Waals surface area contributed by atoms with E-state index < -0.39 is 5.97 Å².